The van der Waals surface area contributed by atoms with Gasteiger partial charge in [0.05, 0.1) is 0 Å². The maximum Gasteiger partial charge on any atom is 0.164 e. The van der Waals surface area contributed by atoms with Crippen LogP contribution in [0.2, 0.25) is 0 Å². The molecule has 0 amide bonds. The van der Waals surface area contributed by atoms with Crippen LogP contribution in [0.25, 0.3) is 166 Å². The number of nitrogens with zero attached hydrogens (tertiary/aromatic N) is 6. The van der Waals surface area contributed by atoms with E-state index in [2.05, 4.69) is 261 Å². The molecule has 7 nitrogen and oxygen atoms in total. The van der Waals surface area contributed by atoms with Crippen molar-refractivity contribution in [3.05, 3.63) is 289 Å². The average molecular weight is 1370 g/mol. The van der Waals surface area contributed by atoms with Crippen LogP contribution in [0.3, 0.4) is 0 Å². The molecule has 8 fully saturated rings. The van der Waals surface area contributed by atoms with Gasteiger partial charge < -0.3 is 4.42 Å². The second-order valence-corrected chi connectivity index (χ2v) is 33.1. The molecule has 0 N–H and O–H groups in total. The highest BCUT2D eigenvalue weighted by Gasteiger charge is 2.66. The summed E-state index contributed by atoms with van der Waals surface area (Å²) in [7, 11) is 0. The fourth-order valence-electron chi connectivity index (χ4n) is 23.3. The largest absolute Gasteiger partial charge is 0.456 e. The first-order chi connectivity index (χ1) is 51.9. The van der Waals surface area contributed by atoms with Crippen LogP contribution >= 0.6 is 11.3 Å². The Morgan fingerprint density at radius 2 is 0.705 bits per heavy atom. The topological polar surface area (TPSA) is 90.5 Å². The van der Waals surface area contributed by atoms with Gasteiger partial charge in [-0.2, -0.15) is 0 Å². The minimum Gasteiger partial charge on any atom is -0.456 e. The highest BCUT2D eigenvalue weighted by Crippen LogP contribution is 2.74. The van der Waals surface area contributed by atoms with Crippen molar-refractivity contribution < 1.29 is 4.42 Å². The maximum absolute atomic E-state index is 6.42. The summed E-state index contributed by atoms with van der Waals surface area (Å²) in [5, 5.41) is 4.67. The number of hydrogen-bond acceptors (Lipinski definition) is 8. The van der Waals surface area contributed by atoms with Crippen LogP contribution in [0.5, 0.6) is 0 Å². The van der Waals surface area contributed by atoms with Crippen molar-refractivity contribution >= 4 is 53.4 Å². The molecule has 8 bridgehead atoms. The van der Waals surface area contributed by atoms with Crippen molar-refractivity contribution in [3.63, 3.8) is 0 Å². The number of hydrogen-bond donors (Lipinski definition) is 0. The van der Waals surface area contributed by atoms with Crippen molar-refractivity contribution in [1.29, 1.82) is 0 Å². The molecule has 0 radical (unpaired) electrons. The summed E-state index contributed by atoms with van der Waals surface area (Å²) < 4.78 is 8.93. The molecule has 5 atom stereocenters. The Bertz CT molecular complexity index is 6350. The molecule has 2 spiro atoms. The summed E-state index contributed by atoms with van der Waals surface area (Å²) in [6.07, 6.45) is 12.2. The van der Waals surface area contributed by atoms with Crippen LogP contribution in [0.4, 0.5) is 0 Å². The molecular weight excluding hydrogens is 1300 g/mol. The fourth-order valence-corrected chi connectivity index (χ4v) is 24.4. The Morgan fingerprint density at radius 3 is 1.36 bits per heavy atom. The van der Waals surface area contributed by atoms with Gasteiger partial charge in [-0.15, -0.1) is 11.3 Å². The van der Waals surface area contributed by atoms with Crippen molar-refractivity contribution in [2.75, 3.05) is 0 Å². The van der Waals surface area contributed by atoms with Gasteiger partial charge in [-0.3, -0.25) is 0 Å². The lowest BCUT2D eigenvalue weighted by Gasteiger charge is -2.61. The van der Waals surface area contributed by atoms with E-state index >= 15 is 0 Å². The molecule has 26 rings (SSSR count). The van der Waals surface area contributed by atoms with Crippen molar-refractivity contribution in [1.82, 2.24) is 29.9 Å². The predicted octanol–water partition coefficient (Wildman–Crippen LogP) is 24.4. The van der Waals surface area contributed by atoms with Crippen molar-refractivity contribution in [2.24, 2.45) is 47.3 Å². The molecule has 5 unspecified atom stereocenters. The summed E-state index contributed by atoms with van der Waals surface area (Å²) in [5.74, 6) is 10.1. The Morgan fingerprint density at radius 1 is 0.276 bits per heavy atom. The van der Waals surface area contributed by atoms with Gasteiger partial charge in [0.2, 0.25) is 0 Å². The normalized spacial score (nSPS) is 23.7. The van der Waals surface area contributed by atoms with Gasteiger partial charge in [0.15, 0.2) is 34.9 Å². The second kappa shape index (κ2) is 22.1. The highest BCUT2D eigenvalue weighted by molar-refractivity contribution is 7.25. The van der Waals surface area contributed by atoms with Gasteiger partial charge in [0.25, 0.3) is 0 Å². The van der Waals surface area contributed by atoms with Crippen LogP contribution in [0, 0.1) is 47.3 Å². The third-order valence-electron chi connectivity index (χ3n) is 27.0. The summed E-state index contributed by atoms with van der Waals surface area (Å²) in [6.45, 7) is 0. The number of thiophene rings is 1. The molecule has 10 aliphatic carbocycles. The smallest absolute Gasteiger partial charge is 0.164 e. The Balaban J connectivity index is 0.593. The lowest BCUT2D eigenvalue weighted by atomic mass is 9.43. The minimum atomic E-state index is 0.0223. The molecule has 4 aromatic heterocycles. The molecule has 105 heavy (non-hydrogen) atoms. The number of aromatic nitrogens is 6. The van der Waals surface area contributed by atoms with Crippen LogP contribution in [-0.2, 0) is 10.8 Å². The number of benzene rings is 12. The molecule has 0 saturated heterocycles. The number of furan rings is 1. The quantitative estimate of drug-likeness (QED) is 0.142. The SMILES string of the molecule is c1ccc(-c2nc(-c3ccc(-c4ccc5sc6ccc(-c7cccc(-c8nc(-c9cccc(-c%10cccc%11oc%12ccccc%12c%10%11)c9)nc(-c9cccc%10c9-c9ccccc9C%109C%10CC%11CC(C%10)C9C%11)n8)c7)cc6c5c4)cc3)nc(-c3cccc4c3-c3ccccc3C43C4CC5CC(C4)CC3C5)n2)cc1. The van der Waals surface area contributed by atoms with Crippen LogP contribution in [-0.4, -0.2) is 29.9 Å². The summed E-state index contributed by atoms with van der Waals surface area (Å²) in [5.41, 5.74) is 25.9. The fraction of sp³-hybridized carbons (Fsp3) is 0.196. The maximum atomic E-state index is 6.42. The Kier molecular flexibility index (Phi) is 12.4. The van der Waals surface area contributed by atoms with Crippen LogP contribution in [0.1, 0.15) is 80.0 Å². The van der Waals surface area contributed by atoms with E-state index in [-0.39, 0.29) is 10.8 Å². The van der Waals surface area contributed by atoms with E-state index < -0.39 is 0 Å². The Hall–Kier alpha value is -11.3. The van der Waals surface area contributed by atoms with Gasteiger partial charge in [-0.05, 0) is 232 Å². The van der Waals surface area contributed by atoms with E-state index in [4.69, 9.17) is 34.3 Å². The van der Waals surface area contributed by atoms with E-state index in [1.807, 2.05) is 17.4 Å². The summed E-state index contributed by atoms with van der Waals surface area (Å²) in [6, 6.07) is 98.2. The van der Waals surface area contributed by atoms with E-state index in [1.165, 1.54) is 122 Å². The molecule has 500 valence electrons. The van der Waals surface area contributed by atoms with Crippen LogP contribution < -0.4 is 0 Å². The molecule has 10 aliphatic rings. The standard InChI is InChI=1S/C97H70N6OS/c1-2-15-58(16-3-1)90-98-91(101-94(100-90)74-25-12-29-80-87(74)71-21-4-7-27-78(71)96(80)67-43-54-41-55(45-67)46-68(96)44-54)59-35-33-57(34-36-59)61-37-39-85-76(52-61)77-53-62(38-40-86(77)105-85)60-17-10-19-64(49-60)92-99-93(65-20-11-18-63(50-65)70-24-14-32-84-89(70)73-23-6-9-31-83(73)104-84)103-95(102-92)75-26-13-30-81-88(75)72-22-5-8-28-79(72)97(81)69-47-56-42-66(51-69)82(97)48-56/h1-40,49-50,52-56,66-69,82H,41-48,51H2. The van der Waals surface area contributed by atoms with E-state index in [9.17, 15) is 0 Å². The van der Waals surface area contributed by atoms with Crippen molar-refractivity contribution in [2.45, 2.75) is 68.6 Å². The van der Waals surface area contributed by atoms with E-state index in [0.717, 1.165) is 118 Å². The number of para-hydroxylation sites is 1. The summed E-state index contributed by atoms with van der Waals surface area (Å²) >= 11 is 1.85. The lowest BCUT2D eigenvalue weighted by molar-refractivity contribution is -0.0399. The van der Waals surface area contributed by atoms with E-state index in [0.29, 0.717) is 52.8 Å². The van der Waals surface area contributed by atoms with Gasteiger partial charge in [-0.25, -0.2) is 29.9 Å². The van der Waals surface area contributed by atoms with E-state index in [1.54, 1.807) is 0 Å². The molecule has 16 aromatic rings. The first-order valence-corrected chi connectivity index (χ1v) is 39.0. The molecule has 8 saturated carbocycles. The molecule has 4 heterocycles. The van der Waals surface area contributed by atoms with Gasteiger partial charge in [0, 0.05) is 75.2 Å². The monoisotopic (exact) mass is 1370 g/mol. The minimum absolute atomic E-state index is 0.0223. The molecular formula is C97H70N6OS. The van der Waals surface area contributed by atoms with Crippen LogP contribution in [0.15, 0.2) is 271 Å². The highest BCUT2D eigenvalue weighted by atomic mass is 32.1. The third-order valence-corrected chi connectivity index (χ3v) is 28.1. The van der Waals surface area contributed by atoms with Gasteiger partial charge >= 0.3 is 0 Å². The first kappa shape index (κ1) is 59.1. The number of fused-ring (bicyclic) bond motifs is 12. The lowest BCUT2D eigenvalue weighted by Crippen LogP contribution is -2.55. The second-order valence-electron chi connectivity index (χ2n) is 32.0. The van der Waals surface area contributed by atoms with Gasteiger partial charge in [-0.1, -0.05) is 218 Å². The predicted molar refractivity (Wildman–Crippen MR) is 424 cm³/mol. The van der Waals surface area contributed by atoms with Gasteiger partial charge in [0.1, 0.15) is 11.2 Å². The zero-order valence-corrected chi connectivity index (χ0v) is 58.7. The zero-order valence-electron chi connectivity index (χ0n) is 57.9. The average Bonchev–Trinajstić information content (AvgIpc) is 1.52. The Labute approximate surface area is 612 Å². The molecule has 8 heteroatoms. The molecule has 12 aromatic carbocycles. The molecule has 0 aliphatic heterocycles. The third kappa shape index (κ3) is 8.49. The first-order valence-electron chi connectivity index (χ1n) is 38.2. The zero-order chi connectivity index (χ0) is 68.4. The summed E-state index contributed by atoms with van der Waals surface area (Å²) in [4.78, 5) is 32.9. The number of rotatable bonds is 9. The van der Waals surface area contributed by atoms with Crippen molar-refractivity contribution in [3.8, 4) is 124 Å².